The van der Waals surface area contributed by atoms with Crippen LogP contribution in [0.2, 0.25) is 0 Å². The predicted molar refractivity (Wildman–Crippen MR) is 81.4 cm³/mol. The third-order valence-electron chi connectivity index (χ3n) is 4.33. The van der Waals surface area contributed by atoms with Crippen LogP contribution in [-0.2, 0) is 0 Å². The number of thioether (sulfide) groups is 1. The van der Waals surface area contributed by atoms with Gasteiger partial charge in [-0.25, -0.2) is 0 Å². The second kappa shape index (κ2) is 5.83. The SMILES string of the molecule is CC1CCCC2(CSC(=NCC(C)N(C)C)N2)C1. The lowest BCUT2D eigenvalue weighted by molar-refractivity contribution is 0.242. The molecule has 2 fully saturated rings. The molecule has 2 aliphatic rings. The van der Waals surface area contributed by atoms with Crippen LogP contribution in [0.1, 0.15) is 39.5 Å². The van der Waals surface area contributed by atoms with E-state index in [1.54, 1.807) is 0 Å². The smallest absolute Gasteiger partial charge is 0.157 e. The summed E-state index contributed by atoms with van der Waals surface area (Å²) in [5.74, 6) is 2.08. The van der Waals surface area contributed by atoms with Gasteiger partial charge < -0.3 is 10.2 Å². The molecule has 0 radical (unpaired) electrons. The van der Waals surface area contributed by atoms with E-state index in [9.17, 15) is 0 Å². The summed E-state index contributed by atoms with van der Waals surface area (Å²) in [5, 5.41) is 4.90. The van der Waals surface area contributed by atoms with Gasteiger partial charge in [0, 0.05) is 17.3 Å². The summed E-state index contributed by atoms with van der Waals surface area (Å²) in [6.45, 7) is 5.51. The average molecular weight is 269 g/mol. The molecule has 3 unspecified atom stereocenters. The van der Waals surface area contributed by atoms with E-state index < -0.39 is 0 Å². The average Bonchev–Trinajstić information content (AvgIpc) is 2.68. The number of likely N-dealkylation sites (N-methyl/N-ethyl adjacent to an activating group) is 1. The van der Waals surface area contributed by atoms with Crippen molar-refractivity contribution in [3.8, 4) is 0 Å². The fourth-order valence-electron chi connectivity index (χ4n) is 2.87. The fourth-order valence-corrected chi connectivity index (χ4v) is 4.08. The zero-order valence-corrected chi connectivity index (χ0v) is 13.0. The van der Waals surface area contributed by atoms with Crippen LogP contribution in [0.4, 0.5) is 0 Å². The predicted octanol–water partition coefficient (Wildman–Crippen LogP) is 2.58. The highest BCUT2D eigenvalue weighted by Gasteiger charge is 2.40. The van der Waals surface area contributed by atoms with Crippen LogP contribution in [0.3, 0.4) is 0 Å². The Morgan fingerprint density at radius 3 is 3.00 bits per heavy atom. The Morgan fingerprint density at radius 1 is 1.56 bits per heavy atom. The lowest BCUT2D eigenvalue weighted by Crippen LogP contribution is -2.47. The Morgan fingerprint density at radius 2 is 2.33 bits per heavy atom. The standard InChI is InChI=1S/C14H27N3S/c1-11-6-5-7-14(8-11)10-18-13(16-14)15-9-12(2)17(3)4/h11-12H,5-10H2,1-4H3,(H,15,16). The van der Waals surface area contributed by atoms with Gasteiger partial charge >= 0.3 is 0 Å². The summed E-state index contributed by atoms with van der Waals surface area (Å²) in [6, 6.07) is 0.515. The maximum Gasteiger partial charge on any atom is 0.157 e. The van der Waals surface area contributed by atoms with Gasteiger partial charge in [0.15, 0.2) is 5.17 Å². The van der Waals surface area contributed by atoms with Crippen molar-refractivity contribution in [3.05, 3.63) is 0 Å². The van der Waals surface area contributed by atoms with Crippen LogP contribution >= 0.6 is 11.8 Å². The fraction of sp³-hybridized carbons (Fsp3) is 0.929. The van der Waals surface area contributed by atoms with Crippen LogP contribution in [-0.4, -0.2) is 48.0 Å². The van der Waals surface area contributed by atoms with E-state index in [1.807, 2.05) is 11.8 Å². The number of nitrogens with zero attached hydrogens (tertiary/aromatic N) is 2. The first-order valence-electron chi connectivity index (χ1n) is 7.13. The van der Waals surface area contributed by atoms with Crippen molar-refractivity contribution in [3.63, 3.8) is 0 Å². The Kier molecular flexibility index (Phi) is 4.59. The van der Waals surface area contributed by atoms with Gasteiger partial charge in [0.05, 0.1) is 6.54 Å². The van der Waals surface area contributed by atoms with Crippen molar-refractivity contribution in [2.75, 3.05) is 26.4 Å². The van der Waals surface area contributed by atoms with Crippen LogP contribution in [0.25, 0.3) is 0 Å². The van der Waals surface area contributed by atoms with E-state index in [0.29, 0.717) is 11.6 Å². The maximum absolute atomic E-state index is 4.75. The Balaban J connectivity index is 1.89. The first-order chi connectivity index (χ1) is 8.51. The minimum atomic E-state index is 0.364. The number of nitrogens with one attached hydrogen (secondary N) is 1. The molecule has 1 N–H and O–H groups in total. The second-order valence-corrected chi connectivity index (χ2v) is 7.32. The summed E-state index contributed by atoms with van der Waals surface area (Å²) in [7, 11) is 4.23. The van der Waals surface area contributed by atoms with E-state index in [0.717, 1.165) is 12.5 Å². The zero-order chi connectivity index (χ0) is 13.2. The van der Waals surface area contributed by atoms with Gasteiger partial charge in [0.1, 0.15) is 0 Å². The molecule has 0 aromatic heterocycles. The molecule has 1 aliphatic carbocycles. The van der Waals surface area contributed by atoms with Crippen molar-refractivity contribution in [1.29, 1.82) is 0 Å². The van der Waals surface area contributed by atoms with Crippen molar-refractivity contribution in [2.24, 2.45) is 10.9 Å². The molecule has 1 heterocycles. The van der Waals surface area contributed by atoms with Gasteiger partial charge in [-0.1, -0.05) is 31.5 Å². The van der Waals surface area contributed by atoms with Crippen LogP contribution < -0.4 is 5.32 Å². The molecule has 0 aromatic carbocycles. The van der Waals surface area contributed by atoms with E-state index in [-0.39, 0.29) is 0 Å². The molecule has 3 atom stereocenters. The molecule has 2 rings (SSSR count). The van der Waals surface area contributed by atoms with Crippen LogP contribution in [0.15, 0.2) is 4.99 Å². The largest absolute Gasteiger partial charge is 0.359 e. The highest BCUT2D eigenvalue weighted by atomic mass is 32.2. The molecule has 0 bridgehead atoms. The molecule has 0 amide bonds. The van der Waals surface area contributed by atoms with Crippen LogP contribution in [0.5, 0.6) is 0 Å². The van der Waals surface area contributed by atoms with E-state index >= 15 is 0 Å². The van der Waals surface area contributed by atoms with Crippen LogP contribution in [0, 0.1) is 5.92 Å². The third-order valence-corrected chi connectivity index (χ3v) is 5.53. The molecule has 1 saturated carbocycles. The van der Waals surface area contributed by atoms with Crippen molar-refractivity contribution in [2.45, 2.75) is 51.1 Å². The summed E-state index contributed by atoms with van der Waals surface area (Å²) in [6.07, 6.45) is 5.42. The molecule has 104 valence electrons. The Labute approximate surface area is 116 Å². The third kappa shape index (κ3) is 3.41. The van der Waals surface area contributed by atoms with E-state index in [4.69, 9.17) is 4.99 Å². The summed E-state index contributed by atoms with van der Waals surface area (Å²) < 4.78 is 0. The number of rotatable bonds is 3. The van der Waals surface area contributed by atoms with Gasteiger partial charge in [-0.2, -0.15) is 0 Å². The molecular weight excluding hydrogens is 242 g/mol. The molecule has 1 aliphatic heterocycles. The molecule has 3 nitrogen and oxygen atoms in total. The number of amidine groups is 1. The topological polar surface area (TPSA) is 27.6 Å². The lowest BCUT2D eigenvalue weighted by Gasteiger charge is -2.36. The first-order valence-corrected chi connectivity index (χ1v) is 8.11. The minimum absolute atomic E-state index is 0.364. The first kappa shape index (κ1) is 14.2. The van der Waals surface area contributed by atoms with Gasteiger partial charge in [0.2, 0.25) is 0 Å². The Hall–Kier alpha value is -0.220. The van der Waals surface area contributed by atoms with E-state index in [2.05, 4.69) is 38.2 Å². The molecule has 1 saturated heterocycles. The van der Waals surface area contributed by atoms with Gasteiger partial charge in [-0.05, 0) is 39.8 Å². The molecule has 18 heavy (non-hydrogen) atoms. The van der Waals surface area contributed by atoms with Gasteiger partial charge in [0.25, 0.3) is 0 Å². The highest BCUT2D eigenvalue weighted by Crippen LogP contribution is 2.38. The molecule has 4 heteroatoms. The normalized spacial score (nSPS) is 36.3. The van der Waals surface area contributed by atoms with Crippen molar-refractivity contribution < 1.29 is 0 Å². The second-order valence-electron chi connectivity index (χ2n) is 6.35. The number of hydrogen-bond acceptors (Lipinski definition) is 3. The highest BCUT2D eigenvalue weighted by molar-refractivity contribution is 8.14. The Bertz CT molecular complexity index is 316. The lowest BCUT2D eigenvalue weighted by atomic mass is 9.78. The van der Waals surface area contributed by atoms with Gasteiger partial charge in [-0.15, -0.1) is 0 Å². The molecular formula is C14H27N3S. The van der Waals surface area contributed by atoms with E-state index in [1.165, 1.54) is 36.6 Å². The monoisotopic (exact) mass is 269 g/mol. The summed E-state index contributed by atoms with van der Waals surface area (Å²) >= 11 is 1.92. The number of aliphatic imine (C=N–C) groups is 1. The quantitative estimate of drug-likeness (QED) is 0.853. The maximum atomic E-state index is 4.75. The van der Waals surface area contributed by atoms with Crippen molar-refractivity contribution >= 4 is 16.9 Å². The molecule has 0 aromatic rings. The minimum Gasteiger partial charge on any atom is -0.359 e. The number of hydrogen-bond donors (Lipinski definition) is 1. The summed E-state index contributed by atoms with van der Waals surface area (Å²) in [4.78, 5) is 6.97. The molecule has 1 spiro atoms. The van der Waals surface area contributed by atoms with Gasteiger partial charge in [-0.3, -0.25) is 4.99 Å². The zero-order valence-electron chi connectivity index (χ0n) is 12.2. The van der Waals surface area contributed by atoms with Crippen molar-refractivity contribution in [1.82, 2.24) is 10.2 Å². The summed E-state index contributed by atoms with van der Waals surface area (Å²) in [5.41, 5.74) is 0.364.